The highest BCUT2D eigenvalue weighted by atomic mass is 19.1. The van der Waals surface area contributed by atoms with Gasteiger partial charge in [0.25, 0.3) is 0 Å². The molecule has 1 saturated carbocycles. The van der Waals surface area contributed by atoms with E-state index in [1.54, 1.807) is 6.07 Å². The normalized spacial score (nSPS) is 25.9. The van der Waals surface area contributed by atoms with E-state index in [9.17, 15) is 9.50 Å². The third kappa shape index (κ3) is 1.95. The summed E-state index contributed by atoms with van der Waals surface area (Å²) in [7, 11) is 0. The highest BCUT2D eigenvalue weighted by Gasteiger charge is 2.46. The molecule has 1 aliphatic carbocycles. The van der Waals surface area contributed by atoms with Gasteiger partial charge in [-0.05, 0) is 37.8 Å². The van der Waals surface area contributed by atoms with Gasteiger partial charge < -0.3 is 5.11 Å². The Labute approximate surface area is 119 Å². The molecule has 3 rings (SSSR count). The first kappa shape index (κ1) is 13.3. The molecule has 1 N–H and O–H groups in total. The fourth-order valence-corrected chi connectivity index (χ4v) is 3.47. The predicted octanol–water partition coefficient (Wildman–Crippen LogP) is 3.97. The summed E-state index contributed by atoms with van der Waals surface area (Å²) in [6.45, 7) is 2.03. The average Bonchev–Trinajstić information content (AvgIpc) is 2.83. The molecule has 0 spiro atoms. The molecule has 2 unspecified atom stereocenters. The standard InChI is InChI=1S/C18H19FO/c1-13-8-10-14(11-9-13)18(12-4-7-17(18)20)15-5-2-3-6-16(15)19/h2-3,5-6,8-11,17,20H,4,7,12H2,1H3. The molecule has 0 heterocycles. The van der Waals surface area contributed by atoms with Crippen LogP contribution in [0, 0.1) is 12.7 Å². The zero-order valence-corrected chi connectivity index (χ0v) is 11.6. The predicted molar refractivity (Wildman–Crippen MR) is 78.2 cm³/mol. The van der Waals surface area contributed by atoms with E-state index < -0.39 is 11.5 Å². The first-order chi connectivity index (χ1) is 9.64. The molecular weight excluding hydrogens is 251 g/mol. The largest absolute Gasteiger partial charge is 0.392 e. The van der Waals surface area contributed by atoms with Crippen molar-refractivity contribution in [3.8, 4) is 0 Å². The molecule has 2 atom stereocenters. The van der Waals surface area contributed by atoms with E-state index in [2.05, 4.69) is 0 Å². The second kappa shape index (κ2) is 5.02. The van der Waals surface area contributed by atoms with Crippen LogP contribution < -0.4 is 0 Å². The number of benzene rings is 2. The van der Waals surface area contributed by atoms with Crippen molar-refractivity contribution in [3.63, 3.8) is 0 Å². The lowest BCUT2D eigenvalue weighted by Crippen LogP contribution is -2.36. The molecule has 1 aliphatic rings. The molecule has 0 radical (unpaired) electrons. The number of aliphatic hydroxyl groups is 1. The van der Waals surface area contributed by atoms with Gasteiger partial charge in [0.05, 0.1) is 6.10 Å². The molecule has 2 heteroatoms. The lowest BCUT2D eigenvalue weighted by Gasteiger charge is -2.34. The third-order valence-electron chi connectivity index (χ3n) is 4.54. The molecule has 0 amide bonds. The van der Waals surface area contributed by atoms with E-state index in [4.69, 9.17) is 0 Å². The van der Waals surface area contributed by atoms with Gasteiger partial charge in [-0.3, -0.25) is 0 Å². The second-order valence-electron chi connectivity index (χ2n) is 5.73. The van der Waals surface area contributed by atoms with Crippen molar-refractivity contribution in [3.05, 3.63) is 71.0 Å². The lowest BCUT2D eigenvalue weighted by atomic mass is 9.71. The molecule has 1 fully saturated rings. The van der Waals surface area contributed by atoms with Gasteiger partial charge in [0.15, 0.2) is 0 Å². The van der Waals surface area contributed by atoms with Crippen LogP contribution in [-0.2, 0) is 5.41 Å². The average molecular weight is 270 g/mol. The van der Waals surface area contributed by atoms with E-state index in [-0.39, 0.29) is 5.82 Å². The van der Waals surface area contributed by atoms with E-state index >= 15 is 0 Å². The van der Waals surface area contributed by atoms with Gasteiger partial charge in [-0.15, -0.1) is 0 Å². The summed E-state index contributed by atoms with van der Waals surface area (Å²) in [5.74, 6) is -0.228. The Bertz CT molecular complexity index is 605. The molecule has 0 saturated heterocycles. The molecule has 0 bridgehead atoms. The monoisotopic (exact) mass is 270 g/mol. The van der Waals surface area contributed by atoms with Crippen LogP contribution >= 0.6 is 0 Å². The fraction of sp³-hybridized carbons (Fsp3) is 0.333. The Morgan fingerprint density at radius 3 is 2.40 bits per heavy atom. The second-order valence-corrected chi connectivity index (χ2v) is 5.73. The van der Waals surface area contributed by atoms with Crippen molar-refractivity contribution in [1.29, 1.82) is 0 Å². The SMILES string of the molecule is Cc1ccc(C2(c3ccccc3F)CCCC2O)cc1. The summed E-state index contributed by atoms with van der Waals surface area (Å²) in [6, 6.07) is 14.9. The van der Waals surface area contributed by atoms with Crippen LogP contribution in [0.25, 0.3) is 0 Å². The molecular formula is C18H19FO. The Hall–Kier alpha value is -1.67. The van der Waals surface area contributed by atoms with E-state index in [1.807, 2.05) is 43.3 Å². The first-order valence-electron chi connectivity index (χ1n) is 7.15. The maximum Gasteiger partial charge on any atom is 0.127 e. The first-order valence-corrected chi connectivity index (χ1v) is 7.15. The topological polar surface area (TPSA) is 20.2 Å². The van der Waals surface area contributed by atoms with Gasteiger partial charge in [0.2, 0.25) is 0 Å². The Morgan fingerprint density at radius 2 is 1.80 bits per heavy atom. The van der Waals surface area contributed by atoms with Crippen LogP contribution in [0.15, 0.2) is 48.5 Å². The number of aryl methyl sites for hydroxylation is 1. The molecule has 2 aromatic rings. The van der Waals surface area contributed by atoms with Gasteiger partial charge in [0, 0.05) is 11.0 Å². The zero-order chi connectivity index (χ0) is 14.2. The van der Waals surface area contributed by atoms with Gasteiger partial charge in [0.1, 0.15) is 5.82 Å². The number of aliphatic hydroxyl groups excluding tert-OH is 1. The maximum atomic E-state index is 14.3. The highest BCUT2D eigenvalue weighted by Crippen LogP contribution is 2.47. The van der Waals surface area contributed by atoms with Crippen LogP contribution in [0.1, 0.15) is 36.0 Å². The number of halogens is 1. The number of rotatable bonds is 2. The summed E-state index contributed by atoms with van der Waals surface area (Å²) in [5.41, 5.74) is 2.20. The summed E-state index contributed by atoms with van der Waals surface area (Å²) in [4.78, 5) is 0. The van der Waals surface area contributed by atoms with Crippen LogP contribution in [0.3, 0.4) is 0 Å². The van der Waals surface area contributed by atoms with Crippen LogP contribution in [-0.4, -0.2) is 11.2 Å². The quantitative estimate of drug-likeness (QED) is 0.875. The third-order valence-corrected chi connectivity index (χ3v) is 4.54. The van der Waals surface area contributed by atoms with Crippen molar-refractivity contribution in [2.75, 3.05) is 0 Å². The van der Waals surface area contributed by atoms with Crippen LogP contribution in [0.4, 0.5) is 4.39 Å². The van der Waals surface area contributed by atoms with Crippen molar-refractivity contribution in [2.45, 2.75) is 37.7 Å². The summed E-state index contributed by atoms with van der Waals surface area (Å²) < 4.78 is 14.3. The van der Waals surface area contributed by atoms with Gasteiger partial charge in [-0.2, -0.15) is 0 Å². The molecule has 104 valence electrons. The minimum absolute atomic E-state index is 0.228. The van der Waals surface area contributed by atoms with Crippen LogP contribution in [0.2, 0.25) is 0 Å². The minimum Gasteiger partial charge on any atom is -0.392 e. The zero-order valence-electron chi connectivity index (χ0n) is 11.6. The Balaban J connectivity index is 2.20. The molecule has 2 aromatic carbocycles. The number of hydrogen-bond acceptors (Lipinski definition) is 1. The van der Waals surface area contributed by atoms with Gasteiger partial charge >= 0.3 is 0 Å². The number of hydrogen-bond donors (Lipinski definition) is 1. The Morgan fingerprint density at radius 1 is 1.10 bits per heavy atom. The van der Waals surface area contributed by atoms with E-state index in [1.165, 1.54) is 11.6 Å². The minimum atomic E-state index is -0.598. The fourth-order valence-electron chi connectivity index (χ4n) is 3.47. The van der Waals surface area contributed by atoms with Crippen molar-refractivity contribution in [1.82, 2.24) is 0 Å². The lowest BCUT2D eigenvalue weighted by molar-refractivity contribution is 0.125. The molecule has 20 heavy (non-hydrogen) atoms. The van der Waals surface area contributed by atoms with Crippen molar-refractivity contribution >= 4 is 0 Å². The van der Waals surface area contributed by atoms with E-state index in [0.717, 1.165) is 24.8 Å². The Kier molecular flexibility index (Phi) is 3.35. The van der Waals surface area contributed by atoms with Gasteiger partial charge in [-0.1, -0.05) is 48.0 Å². The summed E-state index contributed by atoms with van der Waals surface area (Å²) >= 11 is 0. The maximum absolute atomic E-state index is 14.3. The van der Waals surface area contributed by atoms with Crippen molar-refractivity contribution in [2.24, 2.45) is 0 Å². The smallest absolute Gasteiger partial charge is 0.127 e. The highest BCUT2D eigenvalue weighted by molar-refractivity contribution is 5.43. The van der Waals surface area contributed by atoms with Gasteiger partial charge in [-0.25, -0.2) is 4.39 Å². The van der Waals surface area contributed by atoms with Crippen molar-refractivity contribution < 1.29 is 9.50 Å². The summed E-state index contributed by atoms with van der Waals surface area (Å²) in [6.07, 6.45) is 1.91. The van der Waals surface area contributed by atoms with E-state index in [0.29, 0.717) is 5.56 Å². The summed E-state index contributed by atoms with van der Waals surface area (Å²) in [5, 5.41) is 10.6. The molecule has 0 aromatic heterocycles. The van der Waals surface area contributed by atoms with Crippen LogP contribution in [0.5, 0.6) is 0 Å². The molecule has 0 aliphatic heterocycles. The molecule has 1 nitrogen and oxygen atoms in total.